The van der Waals surface area contributed by atoms with Crippen LogP contribution in [0.2, 0.25) is 0 Å². The predicted molar refractivity (Wildman–Crippen MR) is 101 cm³/mol. The van der Waals surface area contributed by atoms with Gasteiger partial charge in [-0.25, -0.2) is 0 Å². The second kappa shape index (κ2) is 7.73. The number of benzene rings is 2. The molecule has 1 N–H and O–H groups in total. The van der Waals surface area contributed by atoms with Crippen molar-refractivity contribution in [3.8, 4) is 11.5 Å². The number of amides is 1. The molecular weight excluding hydrogens is 310 g/mol. The molecule has 1 aliphatic heterocycles. The van der Waals surface area contributed by atoms with Crippen LogP contribution in [0.3, 0.4) is 0 Å². The van der Waals surface area contributed by atoms with Crippen molar-refractivity contribution in [1.82, 2.24) is 5.32 Å². The molecule has 1 unspecified atom stereocenters. The quantitative estimate of drug-likeness (QED) is 0.781. The summed E-state index contributed by atoms with van der Waals surface area (Å²) in [4.78, 5) is 13.1. The maximum atomic E-state index is 13.1. The summed E-state index contributed by atoms with van der Waals surface area (Å²) in [7, 11) is 0. The Morgan fingerprint density at radius 2 is 1.52 bits per heavy atom. The van der Waals surface area contributed by atoms with Crippen molar-refractivity contribution in [1.29, 1.82) is 0 Å². The number of fused-ring (bicyclic) bond motifs is 2. The zero-order valence-corrected chi connectivity index (χ0v) is 15.3. The highest BCUT2D eigenvalue weighted by Gasteiger charge is 2.32. The van der Waals surface area contributed by atoms with Crippen LogP contribution in [0.5, 0.6) is 11.5 Å². The molecule has 0 spiro atoms. The Morgan fingerprint density at radius 1 is 0.960 bits per heavy atom. The maximum absolute atomic E-state index is 13.1. The Kier molecular flexibility index (Phi) is 5.42. The summed E-state index contributed by atoms with van der Waals surface area (Å²) in [6, 6.07) is 15.8. The van der Waals surface area contributed by atoms with Crippen molar-refractivity contribution in [2.45, 2.75) is 52.0 Å². The second-order valence-electron chi connectivity index (χ2n) is 7.35. The summed E-state index contributed by atoms with van der Waals surface area (Å²) in [6.07, 6.45) is 3.35. The van der Waals surface area contributed by atoms with Gasteiger partial charge in [-0.2, -0.15) is 0 Å². The Labute approximate surface area is 150 Å². The molecule has 0 aromatic heterocycles. The van der Waals surface area contributed by atoms with Crippen LogP contribution in [0.25, 0.3) is 0 Å². The van der Waals surface area contributed by atoms with Gasteiger partial charge in [-0.1, -0.05) is 63.1 Å². The molecule has 1 heterocycles. The lowest BCUT2D eigenvalue weighted by molar-refractivity contribution is -0.122. The molecule has 2 aromatic carbocycles. The van der Waals surface area contributed by atoms with Crippen LogP contribution in [-0.2, 0) is 4.79 Å². The van der Waals surface area contributed by atoms with Gasteiger partial charge in [0.25, 0.3) is 0 Å². The highest BCUT2D eigenvalue weighted by Crippen LogP contribution is 2.43. The third kappa shape index (κ3) is 4.04. The zero-order chi connectivity index (χ0) is 17.8. The first-order valence-electron chi connectivity index (χ1n) is 9.22. The first-order chi connectivity index (χ1) is 12.1. The molecule has 0 aliphatic carbocycles. The molecule has 3 rings (SSSR count). The van der Waals surface area contributed by atoms with Gasteiger partial charge in [-0.05, 0) is 31.4 Å². The van der Waals surface area contributed by atoms with E-state index in [1.807, 2.05) is 48.5 Å². The van der Waals surface area contributed by atoms with Crippen molar-refractivity contribution in [2.75, 3.05) is 0 Å². The van der Waals surface area contributed by atoms with Gasteiger partial charge >= 0.3 is 0 Å². The fourth-order valence-corrected chi connectivity index (χ4v) is 3.42. The minimum atomic E-state index is -0.311. The van der Waals surface area contributed by atoms with Crippen LogP contribution < -0.4 is 10.1 Å². The molecule has 3 heteroatoms. The third-order valence-corrected chi connectivity index (χ3v) is 4.75. The molecule has 1 amide bonds. The number of hydrogen-bond acceptors (Lipinski definition) is 2. The van der Waals surface area contributed by atoms with E-state index >= 15 is 0 Å². The molecule has 2 aromatic rings. The second-order valence-corrected chi connectivity index (χ2v) is 7.35. The van der Waals surface area contributed by atoms with Gasteiger partial charge in [0.05, 0.1) is 5.92 Å². The molecular formula is C22H27NO2. The molecule has 132 valence electrons. The first-order valence-corrected chi connectivity index (χ1v) is 9.22. The van der Waals surface area contributed by atoms with Crippen LogP contribution in [-0.4, -0.2) is 11.9 Å². The molecule has 0 saturated heterocycles. The van der Waals surface area contributed by atoms with Gasteiger partial charge in [0.15, 0.2) is 0 Å². The van der Waals surface area contributed by atoms with Gasteiger partial charge in [-0.3, -0.25) is 4.79 Å². The highest BCUT2D eigenvalue weighted by atomic mass is 16.5. The minimum absolute atomic E-state index is 0.0558. The lowest BCUT2D eigenvalue weighted by atomic mass is 9.87. The SMILES string of the molecule is CC(C)CCCC(C)NC(=O)C1c2ccccc2Oc2ccccc21. The number of carbonyl (C=O) groups is 1. The van der Waals surface area contributed by atoms with Gasteiger partial charge < -0.3 is 10.1 Å². The van der Waals surface area contributed by atoms with Gasteiger partial charge in [0, 0.05) is 17.2 Å². The predicted octanol–water partition coefficient (Wildman–Crippen LogP) is 5.26. The fraction of sp³-hybridized carbons (Fsp3) is 0.409. The number of para-hydroxylation sites is 2. The Morgan fingerprint density at radius 3 is 2.08 bits per heavy atom. The summed E-state index contributed by atoms with van der Waals surface area (Å²) >= 11 is 0. The molecule has 3 nitrogen and oxygen atoms in total. The summed E-state index contributed by atoms with van der Waals surface area (Å²) in [5, 5.41) is 3.21. The third-order valence-electron chi connectivity index (χ3n) is 4.75. The van der Waals surface area contributed by atoms with Gasteiger partial charge in [0.2, 0.25) is 5.91 Å². The van der Waals surface area contributed by atoms with Crippen molar-refractivity contribution in [3.05, 3.63) is 59.7 Å². The summed E-state index contributed by atoms with van der Waals surface area (Å²) in [5.74, 6) is 1.99. The number of hydrogen-bond donors (Lipinski definition) is 1. The van der Waals surface area contributed by atoms with Gasteiger partial charge in [0.1, 0.15) is 11.5 Å². The van der Waals surface area contributed by atoms with Crippen LogP contribution >= 0.6 is 0 Å². The lowest BCUT2D eigenvalue weighted by Gasteiger charge is -2.28. The topological polar surface area (TPSA) is 38.3 Å². The van der Waals surface area contributed by atoms with E-state index in [9.17, 15) is 4.79 Å². The van der Waals surface area contributed by atoms with E-state index in [1.54, 1.807) is 0 Å². The number of ether oxygens (including phenoxy) is 1. The van der Waals surface area contributed by atoms with E-state index < -0.39 is 0 Å². The molecule has 1 aliphatic rings. The first kappa shape index (κ1) is 17.5. The number of carbonyl (C=O) groups excluding carboxylic acids is 1. The molecule has 0 saturated carbocycles. The summed E-state index contributed by atoms with van der Waals surface area (Å²) in [6.45, 7) is 6.56. The van der Waals surface area contributed by atoms with E-state index in [1.165, 1.54) is 6.42 Å². The molecule has 25 heavy (non-hydrogen) atoms. The van der Waals surface area contributed by atoms with Crippen molar-refractivity contribution >= 4 is 5.91 Å². The number of nitrogens with one attached hydrogen (secondary N) is 1. The summed E-state index contributed by atoms with van der Waals surface area (Å²) < 4.78 is 5.97. The standard InChI is InChI=1S/C22H27NO2/c1-15(2)9-8-10-16(3)23-22(24)21-17-11-4-6-13-19(17)25-20-14-7-5-12-18(20)21/h4-7,11-16,21H,8-10H2,1-3H3,(H,23,24). The fourth-order valence-electron chi connectivity index (χ4n) is 3.42. The van der Waals surface area contributed by atoms with Crippen molar-refractivity contribution in [3.63, 3.8) is 0 Å². The lowest BCUT2D eigenvalue weighted by Crippen LogP contribution is -2.37. The van der Waals surface area contributed by atoms with Crippen LogP contribution in [0, 0.1) is 5.92 Å². The van der Waals surface area contributed by atoms with Crippen LogP contribution in [0.1, 0.15) is 57.1 Å². The van der Waals surface area contributed by atoms with E-state index in [0.717, 1.165) is 35.5 Å². The maximum Gasteiger partial charge on any atom is 0.232 e. The van der Waals surface area contributed by atoms with Crippen LogP contribution in [0.4, 0.5) is 0 Å². The largest absolute Gasteiger partial charge is 0.457 e. The Hall–Kier alpha value is -2.29. The molecule has 1 atom stereocenters. The average Bonchev–Trinajstić information content (AvgIpc) is 2.59. The Bertz CT molecular complexity index is 693. The smallest absolute Gasteiger partial charge is 0.232 e. The highest BCUT2D eigenvalue weighted by molar-refractivity contribution is 5.89. The molecule has 0 radical (unpaired) electrons. The van der Waals surface area contributed by atoms with E-state index in [4.69, 9.17) is 4.74 Å². The Balaban J connectivity index is 1.78. The van der Waals surface area contributed by atoms with E-state index in [2.05, 4.69) is 26.1 Å². The summed E-state index contributed by atoms with van der Waals surface area (Å²) in [5.41, 5.74) is 1.88. The van der Waals surface area contributed by atoms with E-state index in [-0.39, 0.29) is 17.9 Å². The normalized spacial score (nSPS) is 14.4. The zero-order valence-electron chi connectivity index (χ0n) is 15.3. The van der Waals surface area contributed by atoms with Crippen molar-refractivity contribution < 1.29 is 9.53 Å². The van der Waals surface area contributed by atoms with E-state index in [0.29, 0.717) is 5.92 Å². The molecule has 0 fully saturated rings. The number of rotatable bonds is 6. The van der Waals surface area contributed by atoms with Gasteiger partial charge in [-0.15, -0.1) is 0 Å². The monoisotopic (exact) mass is 337 g/mol. The average molecular weight is 337 g/mol. The molecule has 0 bridgehead atoms. The van der Waals surface area contributed by atoms with Crippen molar-refractivity contribution in [2.24, 2.45) is 5.92 Å². The van der Waals surface area contributed by atoms with Crippen LogP contribution in [0.15, 0.2) is 48.5 Å². The minimum Gasteiger partial charge on any atom is -0.457 e.